The lowest BCUT2D eigenvalue weighted by atomic mass is 10.2. The zero-order valence-corrected chi connectivity index (χ0v) is 12.6. The van der Waals surface area contributed by atoms with Gasteiger partial charge in [-0.05, 0) is 44.8 Å². The zero-order valence-electron chi connectivity index (χ0n) is 12.6. The van der Waals surface area contributed by atoms with Crippen molar-refractivity contribution in [1.82, 2.24) is 4.90 Å². The van der Waals surface area contributed by atoms with Gasteiger partial charge in [-0.15, -0.1) is 0 Å². The van der Waals surface area contributed by atoms with Crippen LogP contribution in [0.15, 0.2) is 24.3 Å². The van der Waals surface area contributed by atoms with Crippen molar-refractivity contribution in [2.24, 2.45) is 0 Å². The minimum Gasteiger partial charge on any atom is -0.492 e. The van der Waals surface area contributed by atoms with E-state index in [-0.39, 0.29) is 0 Å². The van der Waals surface area contributed by atoms with Gasteiger partial charge in [0.05, 0.1) is 0 Å². The molecule has 0 radical (unpaired) electrons. The summed E-state index contributed by atoms with van der Waals surface area (Å²) in [6, 6.07) is 8.24. The number of hydrogen-bond donors (Lipinski definition) is 1. The molecule has 0 unspecified atom stereocenters. The molecule has 0 aliphatic carbocycles. The highest BCUT2D eigenvalue weighted by atomic mass is 16.5. The minimum atomic E-state index is 0.733. The molecule has 3 heteroatoms. The smallest absolute Gasteiger partial charge is 0.119 e. The lowest BCUT2D eigenvalue weighted by Crippen LogP contribution is -2.19. The van der Waals surface area contributed by atoms with E-state index >= 15 is 0 Å². The van der Waals surface area contributed by atoms with Gasteiger partial charge in [0, 0.05) is 18.8 Å². The lowest BCUT2D eigenvalue weighted by Gasteiger charge is -2.11. The van der Waals surface area contributed by atoms with Crippen LogP contribution in [0.3, 0.4) is 0 Å². The van der Waals surface area contributed by atoms with Gasteiger partial charge in [-0.1, -0.05) is 26.2 Å². The second kappa shape index (κ2) is 9.68. The van der Waals surface area contributed by atoms with Crippen LogP contribution in [-0.4, -0.2) is 38.7 Å². The Morgan fingerprint density at radius 3 is 2.42 bits per heavy atom. The molecule has 0 bridgehead atoms. The minimum absolute atomic E-state index is 0.733. The van der Waals surface area contributed by atoms with Crippen molar-refractivity contribution in [3.8, 4) is 5.75 Å². The Balaban J connectivity index is 2.19. The van der Waals surface area contributed by atoms with Crippen LogP contribution in [-0.2, 0) is 0 Å². The van der Waals surface area contributed by atoms with Gasteiger partial charge in [0.2, 0.25) is 0 Å². The molecule has 0 saturated heterocycles. The SMILES string of the molecule is CCCCCCNc1ccc(OCCN(C)C)cc1. The van der Waals surface area contributed by atoms with Crippen LogP contribution in [0.1, 0.15) is 32.6 Å². The predicted octanol–water partition coefficient (Wildman–Crippen LogP) is 3.62. The van der Waals surface area contributed by atoms with E-state index in [1.165, 1.54) is 31.4 Å². The zero-order chi connectivity index (χ0) is 13.9. The van der Waals surface area contributed by atoms with Crippen LogP contribution in [0.25, 0.3) is 0 Å². The quantitative estimate of drug-likeness (QED) is 0.653. The van der Waals surface area contributed by atoms with Gasteiger partial charge in [0.25, 0.3) is 0 Å². The van der Waals surface area contributed by atoms with Gasteiger partial charge in [0.1, 0.15) is 12.4 Å². The Labute approximate surface area is 118 Å². The second-order valence-electron chi connectivity index (χ2n) is 5.16. The Morgan fingerprint density at radius 1 is 1.05 bits per heavy atom. The first-order valence-corrected chi connectivity index (χ1v) is 7.34. The van der Waals surface area contributed by atoms with Crippen LogP contribution in [0, 0.1) is 0 Å². The summed E-state index contributed by atoms with van der Waals surface area (Å²) in [5, 5.41) is 3.44. The molecule has 19 heavy (non-hydrogen) atoms. The van der Waals surface area contributed by atoms with E-state index in [0.29, 0.717) is 0 Å². The summed E-state index contributed by atoms with van der Waals surface area (Å²) in [6.07, 6.45) is 5.18. The number of nitrogens with zero attached hydrogens (tertiary/aromatic N) is 1. The fourth-order valence-electron chi connectivity index (χ4n) is 1.80. The molecule has 0 atom stereocenters. The molecule has 1 N–H and O–H groups in total. The van der Waals surface area contributed by atoms with Crippen molar-refractivity contribution >= 4 is 5.69 Å². The largest absolute Gasteiger partial charge is 0.492 e. The summed E-state index contributed by atoms with van der Waals surface area (Å²) in [5.74, 6) is 0.943. The van der Waals surface area contributed by atoms with Crippen LogP contribution < -0.4 is 10.1 Å². The maximum Gasteiger partial charge on any atom is 0.119 e. The second-order valence-corrected chi connectivity index (χ2v) is 5.16. The maximum atomic E-state index is 5.66. The fourth-order valence-corrected chi connectivity index (χ4v) is 1.80. The van der Waals surface area contributed by atoms with E-state index in [4.69, 9.17) is 4.74 Å². The molecule has 0 aliphatic rings. The molecular weight excluding hydrogens is 236 g/mol. The Kier molecular flexibility index (Phi) is 8.07. The van der Waals surface area contributed by atoms with Crippen LogP contribution in [0.5, 0.6) is 5.75 Å². The third-order valence-corrected chi connectivity index (χ3v) is 3.02. The molecule has 0 heterocycles. The number of ether oxygens (including phenoxy) is 1. The number of unbranched alkanes of at least 4 members (excludes halogenated alkanes) is 3. The van der Waals surface area contributed by atoms with Crippen molar-refractivity contribution < 1.29 is 4.74 Å². The lowest BCUT2D eigenvalue weighted by molar-refractivity contribution is 0.261. The number of rotatable bonds is 10. The van der Waals surface area contributed by atoms with Crippen molar-refractivity contribution in [2.75, 3.05) is 39.1 Å². The first-order chi connectivity index (χ1) is 9.22. The highest BCUT2D eigenvalue weighted by Crippen LogP contribution is 2.15. The first kappa shape index (κ1) is 15.8. The van der Waals surface area contributed by atoms with Gasteiger partial charge in [-0.2, -0.15) is 0 Å². The summed E-state index contributed by atoms with van der Waals surface area (Å²) < 4.78 is 5.66. The Morgan fingerprint density at radius 2 is 1.79 bits per heavy atom. The van der Waals surface area contributed by atoms with Gasteiger partial charge < -0.3 is 15.0 Å². The molecule has 108 valence electrons. The fraction of sp³-hybridized carbons (Fsp3) is 0.625. The van der Waals surface area contributed by atoms with Gasteiger partial charge in [0.15, 0.2) is 0 Å². The van der Waals surface area contributed by atoms with Crippen LogP contribution in [0.4, 0.5) is 5.69 Å². The number of nitrogens with one attached hydrogen (secondary N) is 1. The van der Waals surface area contributed by atoms with Crippen LogP contribution >= 0.6 is 0 Å². The normalized spacial score (nSPS) is 10.7. The van der Waals surface area contributed by atoms with E-state index in [0.717, 1.165) is 25.4 Å². The standard InChI is InChI=1S/C16H28N2O/c1-4-5-6-7-12-17-15-8-10-16(11-9-15)19-14-13-18(2)3/h8-11,17H,4-7,12-14H2,1-3H3. The predicted molar refractivity (Wildman–Crippen MR) is 83.1 cm³/mol. The van der Waals surface area contributed by atoms with Crippen LogP contribution in [0.2, 0.25) is 0 Å². The third kappa shape index (κ3) is 7.73. The average molecular weight is 264 g/mol. The number of likely N-dealkylation sites (N-methyl/N-ethyl adjacent to an activating group) is 1. The summed E-state index contributed by atoms with van der Waals surface area (Å²) in [5.41, 5.74) is 1.18. The van der Waals surface area contributed by atoms with E-state index in [1.807, 2.05) is 12.1 Å². The molecule has 0 amide bonds. The van der Waals surface area contributed by atoms with Crippen molar-refractivity contribution in [3.05, 3.63) is 24.3 Å². The number of benzene rings is 1. The maximum absolute atomic E-state index is 5.66. The topological polar surface area (TPSA) is 24.5 Å². The van der Waals surface area contributed by atoms with Crippen molar-refractivity contribution in [1.29, 1.82) is 0 Å². The molecule has 0 fully saturated rings. The molecule has 0 aromatic heterocycles. The Hall–Kier alpha value is -1.22. The molecule has 0 spiro atoms. The van der Waals surface area contributed by atoms with Crippen molar-refractivity contribution in [3.63, 3.8) is 0 Å². The van der Waals surface area contributed by atoms with Gasteiger partial charge in [-0.25, -0.2) is 0 Å². The molecule has 1 aromatic rings. The average Bonchev–Trinajstić information content (AvgIpc) is 2.40. The molecule has 3 nitrogen and oxygen atoms in total. The highest BCUT2D eigenvalue weighted by molar-refractivity contribution is 5.46. The molecule has 0 saturated carbocycles. The first-order valence-electron chi connectivity index (χ1n) is 7.34. The molecule has 0 aliphatic heterocycles. The highest BCUT2D eigenvalue weighted by Gasteiger charge is 1.96. The van der Waals surface area contributed by atoms with E-state index in [1.54, 1.807) is 0 Å². The summed E-state index contributed by atoms with van der Waals surface area (Å²) in [4.78, 5) is 2.12. The van der Waals surface area contributed by atoms with E-state index in [2.05, 4.69) is 43.4 Å². The molecule has 1 aromatic carbocycles. The summed E-state index contributed by atoms with van der Waals surface area (Å²) >= 11 is 0. The number of hydrogen-bond acceptors (Lipinski definition) is 3. The molecular formula is C16H28N2O. The Bertz CT molecular complexity index is 322. The van der Waals surface area contributed by atoms with Crippen molar-refractivity contribution in [2.45, 2.75) is 32.6 Å². The summed E-state index contributed by atoms with van der Waals surface area (Å²) in [7, 11) is 4.10. The van der Waals surface area contributed by atoms with Gasteiger partial charge >= 0.3 is 0 Å². The number of anilines is 1. The monoisotopic (exact) mass is 264 g/mol. The molecule has 1 rings (SSSR count). The third-order valence-electron chi connectivity index (χ3n) is 3.02. The van der Waals surface area contributed by atoms with E-state index < -0.39 is 0 Å². The van der Waals surface area contributed by atoms with E-state index in [9.17, 15) is 0 Å². The van der Waals surface area contributed by atoms with Gasteiger partial charge in [-0.3, -0.25) is 0 Å². The summed E-state index contributed by atoms with van der Waals surface area (Å²) in [6.45, 7) is 4.97.